The fraction of sp³-hybridized carbons (Fsp3) is 0.286. The highest BCUT2D eigenvalue weighted by atomic mass is 32.1. The highest BCUT2D eigenvalue weighted by molar-refractivity contribution is 7.08. The molecule has 1 N–H and O–H groups in total. The van der Waals surface area contributed by atoms with Crippen molar-refractivity contribution in [1.29, 1.82) is 0 Å². The molecule has 0 aliphatic rings. The number of H-pyrrole nitrogens is 1. The second-order valence-corrected chi connectivity index (χ2v) is 5.67. The minimum Gasteiger partial charge on any atom is -0.340 e. The van der Waals surface area contributed by atoms with Crippen LogP contribution in [0.5, 0.6) is 0 Å². The first-order valence-electron chi connectivity index (χ1n) is 6.76. The Morgan fingerprint density at radius 1 is 1.50 bits per heavy atom. The van der Waals surface area contributed by atoms with Gasteiger partial charge in [0, 0.05) is 37.9 Å². The number of aryl methyl sites for hydroxylation is 1. The average molecular weight is 317 g/mol. The van der Waals surface area contributed by atoms with Crippen molar-refractivity contribution in [1.82, 2.24) is 25.2 Å². The molecule has 0 bridgehead atoms. The van der Waals surface area contributed by atoms with Crippen LogP contribution in [0.2, 0.25) is 0 Å². The van der Waals surface area contributed by atoms with E-state index in [0.717, 1.165) is 11.3 Å². The smallest absolute Gasteiger partial charge is 0.271 e. The van der Waals surface area contributed by atoms with Gasteiger partial charge in [0.1, 0.15) is 5.69 Å². The molecule has 8 heteroatoms. The van der Waals surface area contributed by atoms with Crippen LogP contribution in [0.3, 0.4) is 0 Å². The number of hydrogen-bond acceptors (Lipinski definition) is 6. The van der Waals surface area contributed by atoms with Gasteiger partial charge in [-0.05, 0) is 17.5 Å². The topological polar surface area (TPSA) is 87.9 Å². The van der Waals surface area contributed by atoms with Gasteiger partial charge in [0.25, 0.3) is 5.91 Å². The number of aromatic amines is 1. The third-order valence-corrected chi connectivity index (χ3v) is 3.90. The molecule has 3 aromatic rings. The zero-order chi connectivity index (χ0) is 15.5. The molecule has 7 nitrogen and oxygen atoms in total. The predicted molar refractivity (Wildman–Crippen MR) is 81.6 cm³/mol. The van der Waals surface area contributed by atoms with Crippen LogP contribution in [0.4, 0.5) is 0 Å². The lowest BCUT2D eigenvalue weighted by molar-refractivity contribution is 0.0790. The third kappa shape index (κ3) is 3.06. The van der Waals surface area contributed by atoms with Crippen molar-refractivity contribution in [3.63, 3.8) is 0 Å². The Labute approximate surface area is 131 Å². The van der Waals surface area contributed by atoms with Crippen LogP contribution < -0.4 is 0 Å². The standard InChI is InChI=1S/C14H15N5O2S/c1-9-15-13(18-21-9)3-5-19(2)14(20)12-7-11(16-17-12)10-4-6-22-8-10/h4,6-8H,3,5H2,1-2H3,(H,16,17). The Morgan fingerprint density at radius 3 is 3.05 bits per heavy atom. The summed E-state index contributed by atoms with van der Waals surface area (Å²) < 4.78 is 4.91. The number of hydrogen-bond donors (Lipinski definition) is 1. The maximum Gasteiger partial charge on any atom is 0.271 e. The number of rotatable bonds is 5. The summed E-state index contributed by atoms with van der Waals surface area (Å²) in [6, 6.07) is 3.73. The third-order valence-electron chi connectivity index (χ3n) is 3.21. The first-order chi connectivity index (χ1) is 10.6. The quantitative estimate of drug-likeness (QED) is 0.779. The van der Waals surface area contributed by atoms with Crippen LogP contribution in [0.15, 0.2) is 27.4 Å². The molecule has 0 radical (unpaired) electrons. The number of nitrogens with zero attached hydrogens (tertiary/aromatic N) is 4. The number of carbonyl (C=O) groups is 1. The normalized spacial score (nSPS) is 10.8. The van der Waals surface area contributed by atoms with E-state index < -0.39 is 0 Å². The Morgan fingerprint density at radius 2 is 2.36 bits per heavy atom. The zero-order valence-corrected chi connectivity index (χ0v) is 13.1. The van der Waals surface area contributed by atoms with E-state index >= 15 is 0 Å². The second-order valence-electron chi connectivity index (χ2n) is 4.89. The van der Waals surface area contributed by atoms with E-state index in [-0.39, 0.29) is 5.91 Å². The Bertz CT molecular complexity index is 762. The average Bonchev–Trinajstić information content (AvgIpc) is 3.24. The maximum absolute atomic E-state index is 12.3. The second kappa shape index (κ2) is 6.10. The largest absolute Gasteiger partial charge is 0.340 e. The van der Waals surface area contributed by atoms with Gasteiger partial charge in [0.2, 0.25) is 5.89 Å². The van der Waals surface area contributed by atoms with E-state index in [2.05, 4.69) is 20.3 Å². The van der Waals surface area contributed by atoms with Crippen LogP contribution in [0, 0.1) is 6.92 Å². The van der Waals surface area contributed by atoms with Crippen LogP contribution in [-0.2, 0) is 6.42 Å². The molecule has 3 rings (SSSR count). The lowest BCUT2D eigenvalue weighted by Crippen LogP contribution is -2.29. The first-order valence-corrected chi connectivity index (χ1v) is 7.70. The summed E-state index contributed by atoms with van der Waals surface area (Å²) >= 11 is 1.59. The molecule has 0 aromatic carbocycles. The maximum atomic E-state index is 12.3. The molecule has 0 atom stereocenters. The molecule has 0 aliphatic heterocycles. The monoisotopic (exact) mass is 317 g/mol. The summed E-state index contributed by atoms with van der Waals surface area (Å²) in [7, 11) is 1.74. The van der Waals surface area contributed by atoms with Gasteiger partial charge in [-0.15, -0.1) is 0 Å². The summed E-state index contributed by atoms with van der Waals surface area (Å²) in [4.78, 5) is 18.1. The van der Waals surface area contributed by atoms with Gasteiger partial charge < -0.3 is 9.42 Å². The molecule has 1 amide bonds. The summed E-state index contributed by atoms with van der Waals surface area (Å²) in [5.74, 6) is 1.01. The summed E-state index contributed by atoms with van der Waals surface area (Å²) in [6.07, 6.45) is 0.547. The fourth-order valence-electron chi connectivity index (χ4n) is 2.01. The Hall–Kier alpha value is -2.48. The molecule has 3 aromatic heterocycles. The SMILES string of the molecule is Cc1nc(CCN(C)C(=O)c2cc(-c3ccsc3)n[nH]2)no1. The summed E-state index contributed by atoms with van der Waals surface area (Å²) in [6.45, 7) is 2.24. The van der Waals surface area contributed by atoms with E-state index in [1.807, 2.05) is 16.8 Å². The predicted octanol–water partition coefficient (Wildman–Crippen LogP) is 2.14. The summed E-state index contributed by atoms with van der Waals surface area (Å²) in [5, 5.41) is 14.8. The minimum absolute atomic E-state index is 0.116. The van der Waals surface area contributed by atoms with Gasteiger partial charge >= 0.3 is 0 Å². The molecular formula is C14H15N5O2S. The van der Waals surface area contributed by atoms with E-state index in [0.29, 0.717) is 30.4 Å². The lowest BCUT2D eigenvalue weighted by Gasteiger charge is -2.14. The van der Waals surface area contributed by atoms with Crippen LogP contribution in [-0.4, -0.2) is 44.7 Å². The Kier molecular flexibility index (Phi) is 4.01. The van der Waals surface area contributed by atoms with E-state index in [1.165, 1.54) is 0 Å². The lowest BCUT2D eigenvalue weighted by atomic mass is 10.2. The van der Waals surface area contributed by atoms with Crippen molar-refractivity contribution in [3.05, 3.63) is 40.3 Å². The van der Waals surface area contributed by atoms with Crippen LogP contribution in [0.25, 0.3) is 11.3 Å². The van der Waals surface area contributed by atoms with E-state index in [9.17, 15) is 4.79 Å². The molecule has 3 heterocycles. The summed E-state index contributed by atoms with van der Waals surface area (Å²) in [5.41, 5.74) is 2.24. The van der Waals surface area contributed by atoms with Gasteiger partial charge in [-0.1, -0.05) is 5.16 Å². The number of carbonyl (C=O) groups excluding carboxylic acids is 1. The Balaban J connectivity index is 1.63. The van der Waals surface area contributed by atoms with Crippen molar-refractivity contribution in [3.8, 4) is 11.3 Å². The number of thiophene rings is 1. The molecule has 0 spiro atoms. The highest BCUT2D eigenvalue weighted by Crippen LogP contribution is 2.20. The highest BCUT2D eigenvalue weighted by Gasteiger charge is 2.16. The molecule has 0 saturated heterocycles. The van der Waals surface area contributed by atoms with Crippen molar-refractivity contribution in [2.24, 2.45) is 0 Å². The molecular weight excluding hydrogens is 302 g/mol. The molecule has 0 unspecified atom stereocenters. The van der Waals surface area contributed by atoms with Gasteiger partial charge in [-0.2, -0.15) is 21.4 Å². The number of amides is 1. The van der Waals surface area contributed by atoms with Gasteiger partial charge in [0.15, 0.2) is 5.82 Å². The van der Waals surface area contributed by atoms with Gasteiger partial charge in [-0.25, -0.2) is 0 Å². The minimum atomic E-state index is -0.116. The van der Waals surface area contributed by atoms with Gasteiger partial charge in [-0.3, -0.25) is 9.89 Å². The number of aromatic nitrogens is 4. The fourth-order valence-corrected chi connectivity index (χ4v) is 2.66. The van der Waals surface area contributed by atoms with Crippen molar-refractivity contribution >= 4 is 17.2 Å². The van der Waals surface area contributed by atoms with E-state index in [4.69, 9.17) is 4.52 Å². The number of likely N-dealkylation sites (N-methyl/N-ethyl adjacent to an activating group) is 1. The molecule has 114 valence electrons. The molecule has 0 aliphatic carbocycles. The van der Waals surface area contributed by atoms with Crippen molar-refractivity contribution in [2.75, 3.05) is 13.6 Å². The molecule has 0 fully saturated rings. The van der Waals surface area contributed by atoms with Crippen molar-refractivity contribution < 1.29 is 9.32 Å². The van der Waals surface area contributed by atoms with Crippen molar-refractivity contribution in [2.45, 2.75) is 13.3 Å². The van der Waals surface area contributed by atoms with E-state index in [1.54, 1.807) is 36.3 Å². The first kappa shape index (κ1) is 14.5. The van der Waals surface area contributed by atoms with Crippen LogP contribution >= 0.6 is 11.3 Å². The van der Waals surface area contributed by atoms with Gasteiger partial charge in [0.05, 0.1) is 5.69 Å². The molecule has 0 saturated carbocycles. The van der Waals surface area contributed by atoms with Crippen LogP contribution in [0.1, 0.15) is 22.2 Å². The number of nitrogens with one attached hydrogen (secondary N) is 1. The zero-order valence-electron chi connectivity index (χ0n) is 12.2. The molecule has 22 heavy (non-hydrogen) atoms.